The Balaban J connectivity index is 4.60. The first kappa shape index (κ1) is 7.45. The van der Waals surface area contributed by atoms with Gasteiger partial charge in [-0.3, -0.25) is 4.79 Å². The van der Waals surface area contributed by atoms with Gasteiger partial charge in [0.15, 0.2) is 0 Å². The van der Waals surface area contributed by atoms with Crippen LogP contribution >= 0.6 is 0 Å². The summed E-state index contributed by atoms with van der Waals surface area (Å²) in [7, 11) is 0. The second kappa shape index (κ2) is 2.15. The van der Waals surface area contributed by atoms with Crippen LogP contribution in [0.2, 0.25) is 0 Å². The van der Waals surface area contributed by atoms with E-state index in [4.69, 9.17) is 16.3 Å². The van der Waals surface area contributed by atoms with Gasteiger partial charge in [-0.15, -0.1) is 0 Å². The van der Waals surface area contributed by atoms with Gasteiger partial charge in [0, 0.05) is 0 Å². The van der Waals surface area contributed by atoms with E-state index in [0.29, 0.717) is 0 Å². The predicted molar refractivity (Wildman–Crippen MR) is 28.5 cm³/mol. The van der Waals surface area contributed by atoms with E-state index in [-0.39, 0.29) is 0 Å². The molecule has 0 bridgehead atoms. The Morgan fingerprint density at radius 1 is 1.56 bits per heavy atom. The van der Waals surface area contributed by atoms with E-state index in [0.717, 1.165) is 0 Å². The summed E-state index contributed by atoms with van der Waals surface area (Å²) in [6, 6.07) is 2.98. The number of carbonyl (C=O) groups excluding carboxylic acids is 1. The summed E-state index contributed by atoms with van der Waals surface area (Å²) >= 11 is 0. The van der Waals surface area contributed by atoms with Crippen LogP contribution in [0.4, 0.5) is 0 Å². The fraction of sp³-hybridized carbons (Fsp3) is 0.400. The van der Waals surface area contributed by atoms with Gasteiger partial charge in [-0.1, -0.05) is 0 Å². The van der Waals surface area contributed by atoms with Crippen molar-refractivity contribution in [3.63, 3.8) is 0 Å². The van der Waals surface area contributed by atoms with Crippen LogP contribution in [0, 0.1) is 28.1 Å². The second-order valence-electron chi connectivity index (χ2n) is 1.71. The Labute approximate surface area is 52.5 Å². The monoisotopic (exact) mass is 123 g/mol. The minimum atomic E-state index is -1.67. The van der Waals surface area contributed by atoms with E-state index in [9.17, 15) is 4.79 Å². The molecule has 0 saturated carbocycles. The van der Waals surface area contributed by atoms with Crippen molar-refractivity contribution in [3.05, 3.63) is 0 Å². The van der Waals surface area contributed by atoms with E-state index < -0.39 is 11.3 Å². The molecule has 0 fully saturated rings. The molecule has 0 aliphatic carbocycles. The topological polar surface area (TPSA) is 90.7 Å². The lowest BCUT2D eigenvalue weighted by molar-refractivity contribution is -0.122. The summed E-state index contributed by atoms with van der Waals surface area (Å²) in [6.45, 7) is 1.18. The van der Waals surface area contributed by atoms with E-state index in [2.05, 4.69) is 0 Å². The Hall–Kier alpha value is -1.55. The fourth-order valence-electron chi connectivity index (χ4n) is 0.135. The highest BCUT2D eigenvalue weighted by Crippen LogP contribution is 2.10. The van der Waals surface area contributed by atoms with Crippen LogP contribution in [-0.4, -0.2) is 5.91 Å². The van der Waals surface area contributed by atoms with E-state index in [1.807, 2.05) is 0 Å². The first-order valence-corrected chi connectivity index (χ1v) is 2.19. The molecule has 0 spiro atoms. The minimum Gasteiger partial charge on any atom is -0.367 e. The van der Waals surface area contributed by atoms with E-state index in [1.165, 1.54) is 19.1 Å². The number of nitriles is 2. The molecular weight excluding hydrogens is 118 g/mol. The molecule has 0 heterocycles. The number of primary amides is 1. The molecule has 9 heavy (non-hydrogen) atoms. The van der Waals surface area contributed by atoms with E-state index in [1.54, 1.807) is 0 Å². The van der Waals surface area contributed by atoms with Crippen LogP contribution in [0.15, 0.2) is 0 Å². The minimum absolute atomic E-state index is 0.910. The van der Waals surface area contributed by atoms with Gasteiger partial charge in [0.05, 0.1) is 12.1 Å². The van der Waals surface area contributed by atoms with Crippen molar-refractivity contribution < 1.29 is 4.79 Å². The molecule has 0 aliphatic rings. The van der Waals surface area contributed by atoms with Crippen LogP contribution in [0.5, 0.6) is 0 Å². The maximum Gasteiger partial charge on any atom is 0.252 e. The third-order valence-electron chi connectivity index (χ3n) is 0.940. The fourth-order valence-corrected chi connectivity index (χ4v) is 0.135. The zero-order valence-corrected chi connectivity index (χ0v) is 4.88. The molecule has 0 radical (unpaired) electrons. The summed E-state index contributed by atoms with van der Waals surface area (Å²) in [6.07, 6.45) is 0. The predicted octanol–water partition coefficient (Wildman–Crippen LogP) is -0.475. The molecule has 0 unspecified atom stereocenters. The summed E-state index contributed by atoms with van der Waals surface area (Å²) in [5, 5.41) is 16.4. The van der Waals surface area contributed by atoms with Crippen LogP contribution in [0.25, 0.3) is 0 Å². The van der Waals surface area contributed by atoms with Gasteiger partial charge in [-0.05, 0) is 6.92 Å². The largest absolute Gasteiger partial charge is 0.367 e. The van der Waals surface area contributed by atoms with Crippen molar-refractivity contribution in [3.8, 4) is 12.1 Å². The van der Waals surface area contributed by atoms with E-state index >= 15 is 0 Å². The summed E-state index contributed by atoms with van der Waals surface area (Å²) in [4.78, 5) is 10.3. The van der Waals surface area contributed by atoms with Gasteiger partial charge in [0.2, 0.25) is 5.41 Å². The summed E-state index contributed by atoms with van der Waals surface area (Å²) in [5.74, 6) is -0.910. The van der Waals surface area contributed by atoms with Gasteiger partial charge in [-0.2, -0.15) is 10.5 Å². The van der Waals surface area contributed by atoms with Gasteiger partial charge < -0.3 is 5.73 Å². The lowest BCUT2D eigenvalue weighted by Crippen LogP contribution is -2.31. The number of amides is 1. The Morgan fingerprint density at radius 2 is 1.89 bits per heavy atom. The average Bonchev–Trinajstić information content (AvgIpc) is 1.86. The van der Waals surface area contributed by atoms with Crippen LogP contribution in [-0.2, 0) is 4.79 Å². The number of nitrogens with zero attached hydrogens (tertiary/aromatic N) is 2. The zero-order chi connectivity index (χ0) is 7.49. The molecule has 0 aromatic heterocycles. The zero-order valence-electron chi connectivity index (χ0n) is 4.88. The lowest BCUT2D eigenvalue weighted by atomic mass is 9.95. The third kappa shape index (κ3) is 1.17. The van der Waals surface area contributed by atoms with Crippen molar-refractivity contribution in [2.45, 2.75) is 6.92 Å². The molecule has 0 rings (SSSR count). The third-order valence-corrected chi connectivity index (χ3v) is 0.940. The Kier molecular flexibility index (Phi) is 1.78. The maximum absolute atomic E-state index is 10.3. The van der Waals surface area contributed by atoms with Crippen LogP contribution in [0.1, 0.15) is 6.92 Å². The van der Waals surface area contributed by atoms with Crippen molar-refractivity contribution in [2.75, 3.05) is 0 Å². The number of nitrogens with two attached hydrogens (primary N) is 1. The van der Waals surface area contributed by atoms with Gasteiger partial charge >= 0.3 is 0 Å². The molecule has 4 nitrogen and oxygen atoms in total. The molecule has 0 aromatic carbocycles. The summed E-state index contributed by atoms with van der Waals surface area (Å²) in [5.41, 5.74) is 3.04. The summed E-state index contributed by atoms with van der Waals surface area (Å²) < 4.78 is 0. The number of rotatable bonds is 1. The van der Waals surface area contributed by atoms with Crippen LogP contribution < -0.4 is 5.73 Å². The van der Waals surface area contributed by atoms with Crippen molar-refractivity contribution in [1.29, 1.82) is 10.5 Å². The van der Waals surface area contributed by atoms with Crippen molar-refractivity contribution in [1.82, 2.24) is 0 Å². The van der Waals surface area contributed by atoms with Crippen molar-refractivity contribution in [2.24, 2.45) is 11.1 Å². The number of hydrogen-bond acceptors (Lipinski definition) is 3. The highest BCUT2D eigenvalue weighted by Gasteiger charge is 2.30. The normalized spacial score (nSPS) is 9.22. The highest BCUT2D eigenvalue weighted by molar-refractivity contribution is 5.86. The maximum atomic E-state index is 10.3. The molecular formula is C5H5N3O. The first-order valence-electron chi connectivity index (χ1n) is 2.19. The molecule has 4 heteroatoms. The Morgan fingerprint density at radius 3 is 1.89 bits per heavy atom. The van der Waals surface area contributed by atoms with Crippen molar-refractivity contribution >= 4 is 5.91 Å². The molecule has 0 atom stereocenters. The molecule has 2 N–H and O–H groups in total. The standard InChI is InChI=1S/C5H5N3O/c1-5(2-6,3-7)4(8)9/h1H3,(H2,8,9). The molecule has 0 aromatic rings. The molecule has 46 valence electrons. The molecule has 0 aliphatic heterocycles. The highest BCUT2D eigenvalue weighted by atomic mass is 16.1. The number of carbonyl (C=O) groups is 1. The number of hydrogen-bond donors (Lipinski definition) is 1. The van der Waals surface area contributed by atoms with Crippen LogP contribution in [0.3, 0.4) is 0 Å². The second-order valence-corrected chi connectivity index (χ2v) is 1.71. The molecule has 1 amide bonds. The first-order chi connectivity index (χ1) is 4.06. The quantitative estimate of drug-likeness (QED) is 0.510. The smallest absolute Gasteiger partial charge is 0.252 e. The van der Waals surface area contributed by atoms with Gasteiger partial charge in [0.1, 0.15) is 0 Å². The lowest BCUT2D eigenvalue weighted by Gasteiger charge is -2.03. The van der Waals surface area contributed by atoms with Gasteiger partial charge in [-0.25, -0.2) is 0 Å². The SMILES string of the molecule is CC(C#N)(C#N)C(N)=O. The Bertz CT molecular complexity index is 193. The molecule has 0 saturated heterocycles. The average molecular weight is 123 g/mol. The van der Waals surface area contributed by atoms with Gasteiger partial charge in [0.25, 0.3) is 5.91 Å².